The molecule has 0 saturated heterocycles. The summed E-state index contributed by atoms with van der Waals surface area (Å²) >= 11 is 13.1. The van der Waals surface area contributed by atoms with E-state index in [9.17, 15) is 24.6 Å². The Hall–Kier alpha value is -5.71. The summed E-state index contributed by atoms with van der Waals surface area (Å²) in [7, 11) is 1.19. The molecule has 0 spiro atoms. The van der Waals surface area contributed by atoms with Gasteiger partial charge in [-0.1, -0.05) is 145 Å². The van der Waals surface area contributed by atoms with Crippen molar-refractivity contribution in [1.29, 1.82) is 0 Å². The minimum atomic E-state index is -1.43. The highest BCUT2D eigenvalue weighted by molar-refractivity contribution is 6.36. The quantitative estimate of drug-likeness (QED) is 0.0414. The molecule has 1 aliphatic heterocycles. The molecule has 5 aromatic carbocycles. The highest BCUT2D eigenvalue weighted by atomic mass is 35.5. The summed E-state index contributed by atoms with van der Waals surface area (Å²) in [6.45, 7) is 1.20. The van der Waals surface area contributed by atoms with E-state index in [0.717, 1.165) is 27.8 Å². The van der Waals surface area contributed by atoms with Crippen LogP contribution in [-0.4, -0.2) is 48.4 Å². The highest BCUT2D eigenvalue weighted by Crippen LogP contribution is 2.45. The Morgan fingerprint density at radius 2 is 1.16 bits per heavy atom. The molecule has 1 atom stereocenters. The number of benzene rings is 5. The van der Waals surface area contributed by atoms with Crippen LogP contribution in [0.4, 0.5) is 0 Å². The molecule has 0 bridgehead atoms. The lowest BCUT2D eigenvalue weighted by atomic mass is 9.77. The molecule has 9 nitrogen and oxygen atoms in total. The van der Waals surface area contributed by atoms with Crippen molar-refractivity contribution in [2.45, 2.75) is 37.3 Å². The van der Waals surface area contributed by atoms with E-state index in [-0.39, 0.29) is 44.6 Å². The SMILES string of the molecule is COC(=O)CC1=C(C(=O)O)C(c2c(Cl)cccc2Cl)C(C(=O)O)=C(CCc2ccccc2COCCNC(c2ccccc2)(c2ccccc2)c2ccccc2)N1. The van der Waals surface area contributed by atoms with Gasteiger partial charge in [-0.15, -0.1) is 0 Å². The average Bonchev–Trinajstić information content (AvgIpc) is 3.22. The first-order valence-corrected chi connectivity index (χ1v) is 19.2. The van der Waals surface area contributed by atoms with Gasteiger partial charge >= 0.3 is 17.9 Å². The molecule has 57 heavy (non-hydrogen) atoms. The molecule has 0 saturated carbocycles. The van der Waals surface area contributed by atoms with E-state index in [4.69, 9.17) is 32.7 Å². The molecule has 0 radical (unpaired) electrons. The second kappa shape index (κ2) is 19.0. The average molecular weight is 806 g/mol. The normalized spacial score (nSPS) is 14.3. The lowest BCUT2D eigenvalue weighted by Crippen LogP contribution is -2.46. The molecular formula is C46H42Cl2N2O7. The second-order valence-corrected chi connectivity index (χ2v) is 14.3. The van der Waals surface area contributed by atoms with Gasteiger partial charge in [-0.05, 0) is 52.8 Å². The number of hydrogen-bond acceptors (Lipinski definition) is 7. The first-order valence-electron chi connectivity index (χ1n) is 18.4. The van der Waals surface area contributed by atoms with Crippen LogP contribution < -0.4 is 10.6 Å². The number of aryl methyl sites for hydroxylation is 1. The van der Waals surface area contributed by atoms with Crippen molar-refractivity contribution in [2.24, 2.45) is 0 Å². The molecular weight excluding hydrogens is 763 g/mol. The first-order chi connectivity index (χ1) is 27.6. The summed E-state index contributed by atoms with van der Waals surface area (Å²) in [4.78, 5) is 38.3. The molecule has 5 aromatic rings. The molecule has 1 aliphatic rings. The fourth-order valence-electron chi connectivity index (χ4n) is 7.51. The van der Waals surface area contributed by atoms with Crippen molar-refractivity contribution < 1.29 is 34.1 Å². The second-order valence-electron chi connectivity index (χ2n) is 13.4. The summed E-state index contributed by atoms with van der Waals surface area (Å²) in [6.07, 6.45) is 0.0860. The number of carboxylic acid groups (broad SMARTS) is 2. The topological polar surface area (TPSA) is 134 Å². The molecule has 292 valence electrons. The number of methoxy groups -OCH3 is 1. The summed E-state index contributed by atoms with van der Waals surface area (Å²) < 4.78 is 11.1. The molecule has 0 amide bonds. The van der Waals surface area contributed by atoms with Crippen LogP contribution in [0.15, 0.2) is 156 Å². The van der Waals surface area contributed by atoms with Gasteiger partial charge in [0.05, 0.1) is 49.3 Å². The third kappa shape index (κ3) is 9.14. The number of carboxylic acids is 2. The highest BCUT2D eigenvalue weighted by Gasteiger charge is 2.41. The number of halogens is 2. The summed E-state index contributed by atoms with van der Waals surface area (Å²) in [6, 6.07) is 43.3. The van der Waals surface area contributed by atoms with E-state index in [0.29, 0.717) is 26.2 Å². The van der Waals surface area contributed by atoms with Crippen LogP contribution in [0.3, 0.4) is 0 Å². The molecule has 0 fully saturated rings. The molecule has 1 heterocycles. The molecule has 4 N–H and O–H groups in total. The molecule has 0 aromatic heterocycles. The van der Waals surface area contributed by atoms with E-state index in [1.165, 1.54) is 19.2 Å². The van der Waals surface area contributed by atoms with Crippen LogP contribution in [0.5, 0.6) is 0 Å². The number of hydrogen-bond donors (Lipinski definition) is 4. The predicted octanol–water partition coefficient (Wildman–Crippen LogP) is 8.65. The zero-order valence-corrected chi connectivity index (χ0v) is 32.7. The number of nitrogens with one attached hydrogen (secondary N) is 2. The van der Waals surface area contributed by atoms with Crippen molar-refractivity contribution in [3.8, 4) is 0 Å². The van der Waals surface area contributed by atoms with Crippen molar-refractivity contribution in [1.82, 2.24) is 10.6 Å². The third-order valence-corrected chi connectivity index (χ3v) is 10.8. The third-order valence-electron chi connectivity index (χ3n) is 10.1. The number of rotatable bonds is 17. The Balaban J connectivity index is 1.23. The van der Waals surface area contributed by atoms with Gasteiger partial charge < -0.3 is 25.0 Å². The van der Waals surface area contributed by atoms with E-state index in [2.05, 4.69) is 47.0 Å². The van der Waals surface area contributed by atoms with E-state index in [1.54, 1.807) is 6.07 Å². The minimum Gasteiger partial charge on any atom is -0.478 e. The largest absolute Gasteiger partial charge is 0.478 e. The van der Waals surface area contributed by atoms with Gasteiger partial charge in [-0.25, -0.2) is 9.59 Å². The maximum Gasteiger partial charge on any atom is 0.334 e. The van der Waals surface area contributed by atoms with Gasteiger partial charge in [0.2, 0.25) is 0 Å². The van der Waals surface area contributed by atoms with Crippen LogP contribution in [0.2, 0.25) is 10.0 Å². The van der Waals surface area contributed by atoms with Gasteiger partial charge in [0, 0.05) is 33.5 Å². The van der Waals surface area contributed by atoms with Crippen LogP contribution in [-0.2, 0) is 42.4 Å². The number of ether oxygens (including phenoxy) is 2. The monoisotopic (exact) mass is 804 g/mol. The van der Waals surface area contributed by atoms with Gasteiger partial charge in [0.15, 0.2) is 0 Å². The smallest absolute Gasteiger partial charge is 0.334 e. The Morgan fingerprint density at radius 1 is 0.667 bits per heavy atom. The number of carbonyl (C=O) groups is 3. The summed E-state index contributed by atoms with van der Waals surface area (Å²) in [5.41, 5.74) is 4.24. The van der Waals surface area contributed by atoms with Crippen LogP contribution >= 0.6 is 23.2 Å². The van der Waals surface area contributed by atoms with Gasteiger partial charge in [-0.2, -0.15) is 0 Å². The Bertz CT molecular complexity index is 2160. The Labute approximate surface area is 341 Å². The zero-order chi connectivity index (χ0) is 40.4. The first kappa shape index (κ1) is 40.9. The fraction of sp³-hybridized carbons (Fsp3) is 0.196. The van der Waals surface area contributed by atoms with E-state index < -0.39 is 35.8 Å². The zero-order valence-electron chi connectivity index (χ0n) is 31.2. The number of esters is 1. The molecule has 1 unspecified atom stereocenters. The van der Waals surface area contributed by atoms with Crippen LogP contribution in [0.25, 0.3) is 0 Å². The van der Waals surface area contributed by atoms with Crippen molar-refractivity contribution >= 4 is 41.1 Å². The Morgan fingerprint density at radius 3 is 1.67 bits per heavy atom. The minimum absolute atomic E-state index is 0.00274. The van der Waals surface area contributed by atoms with Crippen molar-refractivity contribution in [3.05, 3.63) is 199 Å². The van der Waals surface area contributed by atoms with E-state index >= 15 is 0 Å². The van der Waals surface area contributed by atoms with Crippen LogP contribution in [0, 0.1) is 0 Å². The number of aliphatic carboxylic acids is 2. The standard InChI is InChI=1S/C46H42Cl2N2O7/c1-56-39(51)28-38-42(45(54)55)43(40-35(47)22-13-23-36(40)48)41(44(52)53)37(50-38)25-24-30-14-11-12-15-31(30)29-57-27-26-49-46(32-16-5-2-6-17-32,33-18-7-3-8-19-33)34-20-9-4-10-21-34/h2-23,43,49-50H,24-29H2,1H3,(H,52,53)(H,54,55). The van der Waals surface area contributed by atoms with E-state index in [1.807, 2.05) is 78.9 Å². The number of dihydropyridines is 1. The Kier molecular flexibility index (Phi) is 13.6. The maximum absolute atomic E-state index is 13.0. The summed E-state index contributed by atoms with van der Waals surface area (Å²) in [5.74, 6) is -4.86. The van der Waals surface area contributed by atoms with Gasteiger partial charge in [0.25, 0.3) is 0 Å². The number of allylic oxidation sites excluding steroid dienone is 1. The molecule has 11 heteroatoms. The van der Waals surface area contributed by atoms with Gasteiger partial charge in [0.1, 0.15) is 0 Å². The summed E-state index contributed by atoms with van der Waals surface area (Å²) in [5, 5.41) is 28.0. The van der Waals surface area contributed by atoms with Crippen molar-refractivity contribution in [3.63, 3.8) is 0 Å². The molecule has 6 rings (SSSR count). The fourth-order valence-corrected chi connectivity index (χ4v) is 8.12. The van der Waals surface area contributed by atoms with Crippen molar-refractivity contribution in [2.75, 3.05) is 20.3 Å². The lowest BCUT2D eigenvalue weighted by Gasteiger charge is -2.37. The van der Waals surface area contributed by atoms with Gasteiger partial charge in [-0.3, -0.25) is 10.1 Å². The lowest BCUT2D eigenvalue weighted by molar-refractivity contribution is -0.139. The number of carbonyl (C=O) groups excluding carboxylic acids is 1. The molecule has 0 aliphatic carbocycles. The maximum atomic E-state index is 13.0. The predicted molar refractivity (Wildman–Crippen MR) is 220 cm³/mol. The van der Waals surface area contributed by atoms with Crippen LogP contribution in [0.1, 0.15) is 52.1 Å².